The van der Waals surface area contributed by atoms with Crippen LogP contribution in [0.4, 0.5) is 0 Å². The Morgan fingerprint density at radius 3 is 2.41 bits per heavy atom. The number of nitrogens with one attached hydrogen (secondary N) is 1. The van der Waals surface area contributed by atoms with Crippen LogP contribution in [0.5, 0.6) is 0 Å². The summed E-state index contributed by atoms with van der Waals surface area (Å²) in [7, 11) is 0. The molecule has 0 rings (SSSR count). The summed E-state index contributed by atoms with van der Waals surface area (Å²) >= 11 is 1.30. The monoisotopic (exact) mass is 263 g/mol. The van der Waals surface area contributed by atoms with E-state index in [0.29, 0.717) is 0 Å². The van der Waals surface area contributed by atoms with Gasteiger partial charge >= 0.3 is 5.97 Å². The molecule has 0 spiro atoms. The van der Waals surface area contributed by atoms with E-state index in [1.165, 1.54) is 11.8 Å². The van der Waals surface area contributed by atoms with Gasteiger partial charge in [-0.1, -0.05) is 0 Å². The molecule has 0 aliphatic heterocycles. The zero-order valence-corrected chi connectivity index (χ0v) is 10.3. The van der Waals surface area contributed by atoms with Crippen LogP contribution in [0.15, 0.2) is 0 Å². The van der Waals surface area contributed by atoms with Gasteiger partial charge in [-0.05, 0) is 12.7 Å². The zero-order chi connectivity index (χ0) is 13.4. The molecule has 0 radical (unpaired) electrons. The number of primary amides is 1. The van der Waals surface area contributed by atoms with Gasteiger partial charge in [0.15, 0.2) is 0 Å². The van der Waals surface area contributed by atoms with Crippen LogP contribution in [0.25, 0.3) is 0 Å². The summed E-state index contributed by atoms with van der Waals surface area (Å²) in [5, 5.41) is 11.1. The summed E-state index contributed by atoms with van der Waals surface area (Å²) in [4.78, 5) is 32.8. The van der Waals surface area contributed by atoms with Gasteiger partial charge in [0.1, 0.15) is 6.04 Å². The van der Waals surface area contributed by atoms with Gasteiger partial charge in [0.05, 0.1) is 6.04 Å². The molecule has 0 saturated carbocycles. The highest BCUT2D eigenvalue weighted by Gasteiger charge is 2.22. The molecule has 0 aromatic heterocycles. The van der Waals surface area contributed by atoms with Crippen LogP contribution >= 0.6 is 11.8 Å². The van der Waals surface area contributed by atoms with Crippen molar-refractivity contribution >= 4 is 29.5 Å². The Morgan fingerprint density at radius 2 is 2.00 bits per heavy atom. The smallest absolute Gasteiger partial charge is 0.327 e. The van der Waals surface area contributed by atoms with Gasteiger partial charge in [0.2, 0.25) is 11.8 Å². The summed E-state index contributed by atoms with van der Waals surface area (Å²) in [6, 6.07) is -1.90. The Labute approximate surface area is 103 Å². The fourth-order valence-corrected chi connectivity index (χ4v) is 1.61. The van der Waals surface area contributed by atoms with Gasteiger partial charge in [0.25, 0.3) is 0 Å². The first-order chi connectivity index (χ1) is 7.88. The summed E-state index contributed by atoms with van der Waals surface area (Å²) in [5.74, 6) is -2.00. The molecule has 0 fully saturated rings. The minimum atomic E-state index is -1.12. The topological polar surface area (TPSA) is 136 Å². The molecule has 2 amide bonds. The number of amides is 2. The van der Waals surface area contributed by atoms with E-state index in [1.54, 1.807) is 6.26 Å². The Bertz CT molecular complexity index is 298. The second-order valence-corrected chi connectivity index (χ2v) is 4.38. The van der Waals surface area contributed by atoms with E-state index in [1.807, 2.05) is 0 Å². The average molecular weight is 263 g/mol. The molecule has 7 nitrogen and oxygen atoms in total. The van der Waals surface area contributed by atoms with E-state index in [2.05, 4.69) is 5.32 Å². The molecule has 0 unspecified atom stereocenters. The number of aliphatic carboxylic acids is 1. The van der Waals surface area contributed by atoms with Gasteiger partial charge in [0, 0.05) is 12.2 Å². The van der Waals surface area contributed by atoms with E-state index in [0.717, 1.165) is 0 Å². The molecule has 6 N–H and O–H groups in total. The highest BCUT2D eigenvalue weighted by molar-refractivity contribution is 7.98. The van der Waals surface area contributed by atoms with Crippen LogP contribution in [-0.4, -0.2) is 47.0 Å². The molecule has 0 aliphatic carbocycles. The number of rotatable bonds is 8. The predicted octanol–water partition coefficient (Wildman–Crippen LogP) is -1.49. The summed E-state index contributed by atoms with van der Waals surface area (Å²) in [6.45, 7) is 0. The highest BCUT2D eigenvalue weighted by atomic mass is 32.2. The SMILES string of the molecule is CSC[C@H](NC(=O)[C@@H](N)CCC(N)=O)C(=O)O. The first-order valence-corrected chi connectivity index (χ1v) is 6.33. The Morgan fingerprint density at radius 1 is 1.41 bits per heavy atom. The normalized spacial score (nSPS) is 13.8. The van der Waals surface area contributed by atoms with Crippen molar-refractivity contribution in [2.75, 3.05) is 12.0 Å². The van der Waals surface area contributed by atoms with Gasteiger partial charge in [-0.2, -0.15) is 11.8 Å². The largest absolute Gasteiger partial charge is 0.480 e. The van der Waals surface area contributed by atoms with Crippen LogP contribution in [0, 0.1) is 0 Å². The number of nitrogens with two attached hydrogens (primary N) is 2. The lowest BCUT2D eigenvalue weighted by Gasteiger charge is -2.16. The molecular formula is C9H17N3O4S. The van der Waals surface area contributed by atoms with Gasteiger partial charge in [-0.3, -0.25) is 9.59 Å². The summed E-state index contributed by atoms with van der Waals surface area (Å²) in [6.07, 6.45) is 1.83. The molecule has 0 aromatic carbocycles. The summed E-state index contributed by atoms with van der Waals surface area (Å²) in [5.41, 5.74) is 10.4. The fourth-order valence-electron chi connectivity index (χ4n) is 1.05. The Hall–Kier alpha value is -1.28. The number of thioether (sulfide) groups is 1. The molecule has 0 aromatic rings. The van der Waals surface area contributed by atoms with Crippen LogP contribution in [-0.2, 0) is 14.4 Å². The van der Waals surface area contributed by atoms with Crippen LogP contribution in [0.3, 0.4) is 0 Å². The van der Waals surface area contributed by atoms with E-state index < -0.39 is 29.9 Å². The molecule has 98 valence electrons. The van der Waals surface area contributed by atoms with Crippen molar-refractivity contribution in [2.24, 2.45) is 11.5 Å². The zero-order valence-electron chi connectivity index (χ0n) is 9.51. The van der Waals surface area contributed by atoms with E-state index >= 15 is 0 Å². The molecule has 17 heavy (non-hydrogen) atoms. The van der Waals surface area contributed by atoms with Crippen molar-refractivity contribution in [3.63, 3.8) is 0 Å². The second-order valence-electron chi connectivity index (χ2n) is 3.47. The number of carboxylic acids is 1. The van der Waals surface area contributed by atoms with Crippen LogP contribution in [0.2, 0.25) is 0 Å². The number of carbonyl (C=O) groups is 3. The van der Waals surface area contributed by atoms with Crippen LogP contribution < -0.4 is 16.8 Å². The average Bonchev–Trinajstić information content (AvgIpc) is 2.24. The lowest BCUT2D eigenvalue weighted by molar-refractivity contribution is -0.141. The lowest BCUT2D eigenvalue weighted by Crippen LogP contribution is -2.49. The highest BCUT2D eigenvalue weighted by Crippen LogP contribution is 2.00. The maximum absolute atomic E-state index is 11.5. The molecule has 0 aliphatic rings. The minimum absolute atomic E-state index is 0.00511. The lowest BCUT2D eigenvalue weighted by atomic mass is 10.1. The number of hydrogen-bond acceptors (Lipinski definition) is 5. The second kappa shape index (κ2) is 7.91. The number of carbonyl (C=O) groups excluding carboxylic acids is 2. The third-order valence-corrected chi connectivity index (χ3v) is 2.65. The Balaban J connectivity index is 4.20. The van der Waals surface area contributed by atoms with Gasteiger partial charge in [-0.25, -0.2) is 4.79 Å². The predicted molar refractivity (Wildman–Crippen MR) is 64.4 cm³/mol. The third kappa shape index (κ3) is 6.80. The maximum Gasteiger partial charge on any atom is 0.327 e. The molecular weight excluding hydrogens is 246 g/mol. The van der Waals surface area contributed by atoms with Crippen molar-refractivity contribution in [3.05, 3.63) is 0 Å². The Kier molecular flexibility index (Phi) is 7.31. The van der Waals surface area contributed by atoms with Gasteiger partial charge < -0.3 is 21.9 Å². The van der Waals surface area contributed by atoms with Crippen molar-refractivity contribution in [1.29, 1.82) is 0 Å². The van der Waals surface area contributed by atoms with Crippen molar-refractivity contribution in [1.82, 2.24) is 5.32 Å². The summed E-state index contributed by atoms with van der Waals surface area (Å²) < 4.78 is 0. The fraction of sp³-hybridized carbons (Fsp3) is 0.667. The minimum Gasteiger partial charge on any atom is -0.480 e. The van der Waals surface area contributed by atoms with E-state index in [-0.39, 0.29) is 18.6 Å². The first kappa shape index (κ1) is 15.7. The number of carboxylic acid groups (broad SMARTS) is 1. The van der Waals surface area contributed by atoms with Crippen molar-refractivity contribution < 1.29 is 19.5 Å². The van der Waals surface area contributed by atoms with E-state index in [4.69, 9.17) is 16.6 Å². The molecule has 0 heterocycles. The molecule has 2 atom stereocenters. The van der Waals surface area contributed by atoms with E-state index in [9.17, 15) is 14.4 Å². The maximum atomic E-state index is 11.5. The molecule has 8 heteroatoms. The van der Waals surface area contributed by atoms with Gasteiger partial charge in [-0.15, -0.1) is 0 Å². The van der Waals surface area contributed by atoms with Crippen molar-refractivity contribution in [2.45, 2.75) is 24.9 Å². The van der Waals surface area contributed by atoms with Crippen LogP contribution in [0.1, 0.15) is 12.8 Å². The third-order valence-electron chi connectivity index (χ3n) is 1.99. The standard InChI is InChI=1S/C9H17N3O4S/c1-17-4-6(9(15)16)12-8(14)5(10)2-3-7(11)13/h5-6H,2-4,10H2,1H3,(H2,11,13)(H,12,14)(H,15,16)/t5-,6-/m0/s1. The van der Waals surface area contributed by atoms with Crippen molar-refractivity contribution in [3.8, 4) is 0 Å². The number of hydrogen-bond donors (Lipinski definition) is 4. The molecule has 0 bridgehead atoms. The quantitative estimate of drug-likeness (QED) is 0.421. The molecule has 0 saturated heterocycles. The first-order valence-electron chi connectivity index (χ1n) is 4.94.